The van der Waals surface area contributed by atoms with Crippen LogP contribution in [0.4, 0.5) is 10.5 Å². The van der Waals surface area contributed by atoms with Crippen LogP contribution < -0.4 is 16.0 Å². The second-order valence-electron chi connectivity index (χ2n) is 7.45. The van der Waals surface area contributed by atoms with E-state index < -0.39 is 17.2 Å². The van der Waals surface area contributed by atoms with Crippen LogP contribution >= 0.6 is 0 Å². The quantitative estimate of drug-likeness (QED) is 0.761. The van der Waals surface area contributed by atoms with Crippen LogP contribution in [0, 0.1) is 0 Å². The summed E-state index contributed by atoms with van der Waals surface area (Å²) < 4.78 is 5.21. The Labute approximate surface area is 148 Å². The SMILES string of the molecule is CC(=O)Nc1ccc(C(=O)NCC(C)(C)NC(=O)OC(C)(C)C)cc1. The number of hydrogen-bond donors (Lipinski definition) is 3. The number of amides is 3. The van der Waals surface area contributed by atoms with Crippen LogP contribution in [0.3, 0.4) is 0 Å². The fourth-order valence-corrected chi connectivity index (χ4v) is 1.94. The number of benzene rings is 1. The lowest BCUT2D eigenvalue weighted by atomic mass is 10.1. The highest BCUT2D eigenvalue weighted by molar-refractivity contribution is 5.95. The van der Waals surface area contributed by atoms with E-state index in [0.717, 1.165) is 0 Å². The van der Waals surface area contributed by atoms with Gasteiger partial charge in [0.1, 0.15) is 5.60 Å². The molecule has 0 aliphatic heterocycles. The molecule has 0 aliphatic rings. The van der Waals surface area contributed by atoms with Gasteiger partial charge in [0.15, 0.2) is 0 Å². The van der Waals surface area contributed by atoms with Crippen molar-refractivity contribution in [3.05, 3.63) is 29.8 Å². The minimum atomic E-state index is -0.673. The Bertz CT molecular complexity index is 631. The number of ether oxygens (including phenoxy) is 1. The highest BCUT2D eigenvalue weighted by Crippen LogP contribution is 2.11. The predicted molar refractivity (Wildman–Crippen MR) is 96.5 cm³/mol. The Balaban J connectivity index is 2.56. The van der Waals surface area contributed by atoms with E-state index >= 15 is 0 Å². The van der Waals surface area contributed by atoms with E-state index in [1.807, 2.05) is 0 Å². The van der Waals surface area contributed by atoms with Crippen LogP contribution in [0.15, 0.2) is 24.3 Å². The summed E-state index contributed by atoms with van der Waals surface area (Å²) in [4.78, 5) is 35.0. The molecule has 0 spiro atoms. The first-order chi connectivity index (χ1) is 11.4. The van der Waals surface area contributed by atoms with Crippen LogP contribution in [0.2, 0.25) is 0 Å². The van der Waals surface area contributed by atoms with Gasteiger partial charge >= 0.3 is 6.09 Å². The summed E-state index contributed by atoms with van der Waals surface area (Å²) in [5, 5.41) is 8.13. The largest absolute Gasteiger partial charge is 0.444 e. The number of carbonyl (C=O) groups is 3. The highest BCUT2D eigenvalue weighted by Gasteiger charge is 2.25. The molecule has 0 heterocycles. The number of rotatable bonds is 5. The fourth-order valence-electron chi connectivity index (χ4n) is 1.94. The molecule has 0 fully saturated rings. The fraction of sp³-hybridized carbons (Fsp3) is 0.500. The molecule has 3 N–H and O–H groups in total. The molecule has 25 heavy (non-hydrogen) atoms. The maximum atomic E-state index is 12.2. The van der Waals surface area contributed by atoms with Gasteiger partial charge in [-0.25, -0.2) is 4.79 Å². The Hall–Kier alpha value is -2.57. The molecule has 0 bridgehead atoms. The maximum Gasteiger partial charge on any atom is 0.408 e. The third-order valence-electron chi connectivity index (χ3n) is 3.00. The topological polar surface area (TPSA) is 96.5 Å². The van der Waals surface area contributed by atoms with Crippen molar-refractivity contribution in [2.45, 2.75) is 52.7 Å². The first kappa shape index (κ1) is 20.5. The summed E-state index contributed by atoms with van der Waals surface area (Å²) in [5.41, 5.74) is -0.175. The number of hydrogen-bond acceptors (Lipinski definition) is 4. The molecular formula is C18H27N3O4. The van der Waals surface area contributed by atoms with Gasteiger partial charge in [0, 0.05) is 24.7 Å². The maximum absolute atomic E-state index is 12.2. The van der Waals surface area contributed by atoms with Gasteiger partial charge in [-0.3, -0.25) is 9.59 Å². The van der Waals surface area contributed by atoms with Gasteiger partial charge in [-0.15, -0.1) is 0 Å². The summed E-state index contributed by atoms with van der Waals surface area (Å²) in [6.07, 6.45) is -0.536. The molecule has 7 nitrogen and oxygen atoms in total. The molecule has 0 saturated carbocycles. The second kappa shape index (κ2) is 8.00. The highest BCUT2D eigenvalue weighted by atomic mass is 16.6. The molecule has 0 aromatic heterocycles. The number of nitrogens with one attached hydrogen (secondary N) is 3. The van der Waals surface area contributed by atoms with Crippen LogP contribution in [0.5, 0.6) is 0 Å². The van der Waals surface area contributed by atoms with Crippen molar-refractivity contribution in [2.24, 2.45) is 0 Å². The standard InChI is InChI=1S/C18H27N3O4/c1-12(22)20-14-9-7-13(8-10-14)15(23)19-11-18(5,6)21-16(24)25-17(2,3)4/h7-10H,11H2,1-6H3,(H,19,23)(H,20,22)(H,21,24). The zero-order chi connectivity index (χ0) is 19.3. The van der Waals surface area contributed by atoms with Crippen LogP contribution in [-0.4, -0.2) is 35.6 Å². The Morgan fingerprint density at radius 3 is 2.04 bits per heavy atom. The van der Waals surface area contributed by atoms with Crippen LogP contribution in [0.25, 0.3) is 0 Å². The molecule has 1 aromatic rings. The van der Waals surface area contributed by atoms with Crippen molar-refractivity contribution in [1.29, 1.82) is 0 Å². The number of alkyl carbamates (subject to hydrolysis) is 1. The van der Waals surface area contributed by atoms with E-state index in [1.165, 1.54) is 6.92 Å². The minimum absolute atomic E-state index is 0.174. The van der Waals surface area contributed by atoms with Crippen molar-refractivity contribution < 1.29 is 19.1 Å². The first-order valence-electron chi connectivity index (χ1n) is 8.05. The summed E-state index contributed by atoms with van der Waals surface area (Å²) in [6, 6.07) is 6.55. The van der Waals surface area contributed by atoms with Gasteiger partial charge in [-0.2, -0.15) is 0 Å². The van der Waals surface area contributed by atoms with Gasteiger partial charge < -0.3 is 20.7 Å². The molecule has 1 rings (SSSR count). The molecule has 7 heteroatoms. The van der Waals surface area contributed by atoms with Crippen molar-refractivity contribution in [3.8, 4) is 0 Å². The monoisotopic (exact) mass is 349 g/mol. The Kier molecular flexibility index (Phi) is 6.55. The minimum Gasteiger partial charge on any atom is -0.444 e. The summed E-state index contributed by atoms with van der Waals surface area (Å²) in [6.45, 7) is 10.6. The molecule has 138 valence electrons. The zero-order valence-corrected chi connectivity index (χ0v) is 15.6. The molecule has 0 radical (unpaired) electrons. The molecule has 0 unspecified atom stereocenters. The first-order valence-corrected chi connectivity index (χ1v) is 8.05. The van der Waals surface area contributed by atoms with E-state index in [0.29, 0.717) is 11.3 Å². The number of carbonyl (C=O) groups excluding carboxylic acids is 3. The van der Waals surface area contributed by atoms with Crippen LogP contribution in [0.1, 0.15) is 51.9 Å². The van der Waals surface area contributed by atoms with E-state index in [2.05, 4.69) is 16.0 Å². The molecule has 0 atom stereocenters. The lowest BCUT2D eigenvalue weighted by Gasteiger charge is -2.28. The van der Waals surface area contributed by atoms with E-state index in [1.54, 1.807) is 58.9 Å². The molecular weight excluding hydrogens is 322 g/mol. The van der Waals surface area contributed by atoms with E-state index in [-0.39, 0.29) is 18.4 Å². The molecule has 0 aliphatic carbocycles. The van der Waals surface area contributed by atoms with Crippen molar-refractivity contribution in [1.82, 2.24) is 10.6 Å². The summed E-state index contributed by atoms with van der Waals surface area (Å²) >= 11 is 0. The van der Waals surface area contributed by atoms with Gasteiger partial charge in [0.05, 0.1) is 5.54 Å². The number of anilines is 1. The average molecular weight is 349 g/mol. The Morgan fingerprint density at radius 2 is 1.56 bits per heavy atom. The van der Waals surface area contributed by atoms with Crippen molar-refractivity contribution >= 4 is 23.6 Å². The Morgan fingerprint density at radius 1 is 1.00 bits per heavy atom. The van der Waals surface area contributed by atoms with Gasteiger partial charge in [-0.1, -0.05) is 0 Å². The normalized spacial score (nSPS) is 11.4. The molecule has 1 aromatic carbocycles. The molecule has 0 saturated heterocycles. The third kappa shape index (κ3) is 8.19. The van der Waals surface area contributed by atoms with Crippen molar-refractivity contribution in [3.63, 3.8) is 0 Å². The molecule has 3 amide bonds. The van der Waals surface area contributed by atoms with E-state index in [9.17, 15) is 14.4 Å². The van der Waals surface area contributed by atoms with Crippen molar-refractivity contribution in [2.75, 3.05) is 11.9 Å². The second-order valence-corrected chi connectivity index (χ2v) is 7.45. The average Bonchev–Trinajstić information content (AvgIpc) is 2.42. The van der Waals surface area contributed by atoms with Gasteiger partial charge in [0.2, 0.25) is 5.91 Å². The van der Waals surface area contributed by atoms with Gasteiger partial charge in [-0.05, 0) is 58.9 Å². The summed E-state index contributed by atoms with van der Waals surface area (Å²) in [7, 11) is 0. The lowest BCUT2D eigenvalue weighted by Crippen LogP contribution is -2.52. The van der Waals surface area contributed by atoms with Crippen LogP contribution in [-0.2, 0) is 9.53 Å². The summed E-state index contributed by atoms with van der Waals surface area (Å²) in [5.74, 6) is -0.444. The predicted octanol–water partition coefficient (Wildman–Crippen LogP) is 2.68. The van der Waals surface area contributed by atoms with Gasteiger partial charge in [0.25, 0.3) is 5.91 Å². The van der Waals surface area contributed by atoms with E-state index in [4.69, 9.17) is 4.74 Å². The zero-order valence-electron chi connectivity index (χ0n) is 15.6. The smallest absolute Gasteiger partial charge is 0.408 e. The lowest BCUT2D eigenvalue weighted by molar-refractivity contribution is -0.114. The third-order valence-corrected chi connectivity index (χ3v) is 3.00.